The van der Waals surface area contributed by atoms with Crippen LogP contribution >= 0.6 is 0 Å². The number of halogens is 1. The van der Waals surface area contributed by atoms with Gasteiger partial charge < -0.3 is 5.32 Å². The average molecular weight is 271 g/mol. The Morgan fingerprint density at radius 2 is 1.90 bits per heavy atom. The van der Waals surface area contributed by atoms with Crippen molar-refractivity contribution in [1.29, 1.82) is 0 Å². The molecular weight excluding hydrogens is 253 g/mol. The molecule has 0 aromatic heterocycles. The largest absolute Gasteiger partial charge is 0.325 e. The molecule has 0 saturated heterocycles. The van der Waals surface area contributed by atoms with Crippen LogP contribution in [0.5, 0.6) is 0 Å². The van der Waals surface area contributed by atoms with Crippen molar-refractivity contribution in [2.75, 3.05) is 5.32 Å². The Morgan fingerprint density at radius 1 is 1.20 bits per heavy atom. The van der Waals surface area contributed by atoms with Crippen LogP contribution in [0.3, 0.4) is 0 Å². The monoisotopic (exact) mass is 271 g/mol. The van der Waals surface area contributed by atoms with Gasteiger partial charge in [-0.05, 0) is 36.6 Å². The zero-order valence-corrected chi connectivity index (χ0v) is 11.7. The number of hydrogen-bond acceptors (Lipinski definition) is 1. The number of rotatable bonds is 4. The maximum absolute atomic E-state index is 13.3. The van der Waals surface area contributed by atoms with E-state index in [-0.39, 0.29) is 17.6 Å². The van der Waals surface area contributed by atoms with Gasteiger partial charge in [0.05, 0.1) is 5.92 Å². The van der Waals surface area contributed by atoms with Crippen LogP contribution in [0, 0.1) is 12.7 Å². The Bertz CT molecular complexity index is 595. The number of hydrogen-bond donors (Lipinski definition) is 1. The summed E-state index contributed by atoms with van der Waals surface area (Å²) in [6.07, 6.45) is 0.699. The van der Waals surface area contributed by atoms with E-state index in [2.05, 4.69) is 5.32 Å². The van der Waals surface area contributed by atoms with Crippen LogP contribution in [0.15, 0.2) is 48.5 Å². The second-order valence-corrected chi connectivity index (χ2v) is 4.82. The fourth-order valence-electron chi connectivity index (χ4n) is 2.21. The lowest BCUT2D eigenvalue weighted by atomic mass is 9.95. The van der Waals surface area contributed by atoms with E-state index in [1.807, 2.05) is 44.2 Å². The zero-order chi connectivity index (χ0) is 14.5. The van der Waals surface area contributed by atoms with E-state index in [1.54, 1.807) is 6.07 Å². The summed E-state index contributed by atoms with van der Waals surface area (Å²) in [6.45, 7) is 3.81. The van der Waals surface area contributed by atoms with Gasteiger partial charge in [-0.3, -0.25) is 4.79 Å². The Morgan fingerprint density at radius 3 is 2.55 bits per heavy atom. The van der Waals surface area contributed by atoms with Gasteiger partial charge in [-0.15, -0.1) is 0 Å². The molecule has 0 fully saturated rings. The highest BCUT2D eigenvalue weighted by Crippen LogP contribution is 2.23. The van der Waals surface area contributed by atoms with Crippen molar-refractivity contribution < 1.29 is 9.18 Å². The Labute approximate surface area is 118 Å². The molecule has 0 unspecified atom stereocenters. The summed E-state index contributed by atoms with van der Waals surface area (Å²) >= 11 is 0. The lowest BCUT2D eigenvalue weighted by Gasteiger charge is -2.16. The van der Waals surface area contributed by atoms with Crippen LogP contribution in [0.25, 0.3) is 0 Å². The van der Waals surface area contributed by atoms with E-state index in [9.17, 15) is 9.18 Å². The number of aryl methyl sites for hydroxylation is 1. The smallest absolute Gasteiger partial charge is 0.231 e. The van der Waals surface area contributed by atoms with Crippen LogP contribution in [-0.2, 0) is 4.79 Å². The molecule has 0 aliphatic carbocycles. The van der Waals surface area contributed by atoms with Crippen molar-refractivity contribution in [3.63, 3.8) is 0 Å². The second-order valence-electron chi connectivity index (χ2n) is 4.82. The highest BCUT2D eigenvalue weighted by atomic mass is 19.1. The molecular formula is C17H18FNO. The maximum Gasteiger partial charge on any atom is 0.231 e. The normalized spacial score (nSPS) is 11.9. The van der Waals surface area contributed by atoms with E-state index in [0.717, 1.165) is 11.1 Å². The van der Waals surface area contributed by atoms with Gasteiger partial charge in [0.25, 0.3) is 0 Å². The summed E-state index contributed by atoms with van der Waals surface area (Å²) in [4.78, 5) is 12.4. The van der Waals surface area contributed by atoms with Crippen LogP contribution in [0.2, 0.25) is 0 Å². The Kier molecular flexibility index (Phi) is 4.51. The van der Waals surface area contributed by atoms with Gasteiger partial charge in [0.15, 0.2) is 0 Å². The number of carbonyl (C=O) groups excluding carboxylic acids is 1. The summed E-state index contributed by atoms with van der Waals surface area (Å²) in [6, 6.07) is 14.0. The molecule has 104 valence electrons. The molecule has 0 saturated carbocycles. The molecule has 2 rings (SSSR count). The quantitative estimate of drug-likeness (QED) is 0.884. The lowest BCUT2D eigenvalue weighted by molar-refractivity contribution is -0.117. The third kappa shape index (κ3) is 3.23. The van der Waals surface area contributed by atoms with Crippen molar-refractivity contribution in [2.45, 2.75) is 26.2 Å². The second kappa shape index (κ2) is 6.33. The molecule has 1 N–H and O–H groups in total. The third-order valence-electron chi connectivity index (χ3n) is 3.38. The highest BCUT2D eigenvalue weighted by Gasteiger charge is 2.19. The van der Waals surface area contributed by atoms with Crippen molar-refractivity contribution in [3.05, 3.63) is 65.5 Å². The lowest BCUT2D eigenvalue weighted by Crippen LogP contribution is -2.21. The van der Waals surface area contributed by atoms with Gasteiger partial charge in [0.1, 0.15) is 5.82 Å². The van der Waals surface area contributed by atoms with Crippen molar-refractivity contribution in [3.8, 4) is 0 Å². The van der Waals surface area contributed by atoms with Gasteiger partial charge in [-0.2, -0.15) is 0 Å². The molecule has 3 heteroatoms. The minimum absolute atomic E-state index is 0.104. The standard InChI is InChI=1S/C17H18FNO/c1-3-15(13-7-5-4-6-8-13)17(20)19-16-11-14(18)10-9-12(16)2/h4-11,15H,3H2,1-2H3,(H,19,20)/t15-/m1/s1. The topological polar surface area (TPSA) is 29.1 Å². The number of amides is 1. The average Bonchev–Trinajstić information content (AvgIpc) is 2.45. The Balaban J connectivity index is 2.20. The molecule has 2 aromatic carbocycles. The van der Waals surface area contributed by atoms with E-state index in [4.69, 9.17) is 0 Å². The number of benzene rings is 2. The predicted octanol–water partition coefficient (Wildman–Crippen LogP) is 4.27. The molecule has 2 nitrogen and oxygen atoms in total. The van der Waals surface area contributed by atoms with Gasteiger partial charge in [0.2, 0.25) is 5.91 Å². The summed E-state index contributed by atoms with van der Waals surface area (Å²) < 4.78 is 13.3. The molecule has 1 atom stereocenters. The van der Waals surface area contributed by atoms with Crippen LogP contribution in [-0.4, -0.2) is 5.91 Å². The van der Waals surface area contributed by atoms with Crippen LogP contribution < -0.4 is 5.32 Å². The fourth-order valence-corrected chi connectivity index (χ4v) is 2.21. The predicted molar refractivity (Wildman–Crippen MR) is 79.2 cm³/mol. The SMILES string of the molecule is CC[C@@H](C(=O)Nc1cc(F)ccc1C)c1ccccc1. The minimum Gasteiger partial charge on any atom is -0.325 e. The summed E-state index contributed by atoms with van der Waals surface area (Å²) in [7, 11) is 0. The highest BCUT2D eigenvalue weighted by molar-refractivity contribution is 5.96. The first-order valence-corrected chi connectivity index (χ1v) is 6.73. The van der Waals surface area contributed by atoms with Gasteiger partial charge in [-0.25, -0.2) is 4.39 Å². The molecule has 0 radical (unpaired) electrons. The summed E-state index contributed by atoms with van der Waals surface area (Å²) in [5, 5.41) is 2.82. The Hall–Kier alpha value is -2.16. The minimum atomic E-state index is -0.348. The molecule has 0 spiro atoms. The van der Waals surface area contributed by atoms with E-state index < -0.39 is 0 Å². The van der Waals surface area contributed by atoms with Crippen LogP contribution in [0.4, 0.5) is 10.1 Å². The third-order valence-corrected chi connectivity index (χ3v) is 3.38. The van der Waals surface area contributed by atoms with Crippen molar-refractivity contribution in [2.24, 2.45) is 0 Å². The molecule has 20 heavy (non-hydrogen) atoms. The number of anilines is 1. The van der Waals surface area contributed by atoms with Crippen molar-refractivity contribution in [1.82, 2.24) is 0 Å². The molecule has 0 heterocycles. The first-order valence-electron chi connectivity index (χ1n) is 6.73. The maximum atomic E-state index is 13.3. The summed E-state index contributed by atoms with van der Waals surface area (Å²) in [5.41, 5.74) is 2.36. The summed E-state index contributed by atoms with van der Waals surface area (Å²) in [5.74, 6) is -0.676. The van der Waals surface area contributed by atoms with E-state index in [1.165, 1.54) is 12.1 Å². The number of carbonyl (C=O) groups is 1. The first-order chi connectivity index (χ1) is 9.61. The van der Waals surface area contributed by atoms with E-state index >= 15 is 0 Å². The van der Waals surface area contributed by atoms with Crippen molar-refractivity contribution >= 4 is 11.6 Å². The molecule has 0 aliphatic heterocycles. The molecule has 0 aliphatic rings. The molecule has 1 amide bonds. The van der Waals surface area contributed by atoms with Gasteiger partial charge >= 0.3 is 0 Å². The fraction of sp³-hybridized carbons (Fsp3) is 0.235. The van der Waals surface area contributed by atoms with Crippen LogP contribution in [0.1, 0.15) is 30.4 Å². The number of nitrogens with one attached hydrogen (secondary N) is 1. The molecule has 0 bridgehead atoms. The first kappa shape index (κ1) is 14.3. The molecule has 2 aromatic rings. The van der Waals surface area contributed by atoms with Gasteiger partial charge in [-0.1, -0.05) is 43.3 Å². The van der Waals surface area contributed by atoms with E-state index in [0.29, 0.717) is 12.1 Å². The van der Waals surface area contributed by atoms with Gasteiger partial charge in [0, 0.05) is 5.69 Å². The zero-order valence-electron chi connectivity index (χ0n) is 11.7.